The summed E-state index contributed by atoms with van der Waals surface area (Å²) in [5.74, 6) is 1.88. The van der Waals surface area contributed by atoms with Crippen molar-refractivity contribution in [3.05, 3.63) is 0 Å². The number of rotatable bonds is 1. The van der Waals surface area contributed by atoms with Gasteiger partial charge in [0.05, 0.1) is 0 Å². The Morgan fingerprint density at radius 2 is 1.89 bits per heavy atom. The molecule has 1 spiro atoms. The summed E-state index contributed by atoms with van der Waals surface area (Å²) in [6.45, 7) is 10.2. The molecule has 0 amide bonds. The minimum absolute atomic E-state index is 0.628. The van der Waals surface area contributed by atoms with Crippen LogP contribution in [0.15, 0.2) is 0 Å². The summed E-state index contributed by atoms with van der Waals surface area (Å²) in [4.78, 5) is 2.87. The minimum atomic E-state index is 0.628. The molecule has 110 valence electrons. The van der Waals surface area contributed by atoms with Gasteiger partial charge in [-0.1, -0.05) is 13.8 Å². The van der Waals surface area contributed by atoms with Gasteiger partial charge < -0.3 is 5.32 Å². The number of likely N-dealkylation sites (tertiary alicyclic amines) is 1. The molecule has 2 heterocycles. The second kappa shape index (κ2) is 5.73. The standard InChI is InChI=1S/C17H32N2/c1-14-5-6-16(11-15(14)2)19-10-4-8-17(13-19)7-3-9-18-12-17/h14-16,18H,3-13H2,1-2H3. The molecule has 0 aromatic heterocycles. The average Bonchev–Trinajstić information content (AvgIpc) is 2.43. The molecule has 2 heteroatoms. The molecule has 2 aliphatic heterocycles. The van der Waals surface area contributed by atoms with Crippen LogP contribution in [0.5, 0.6) is 0 Å². The maximum absolute atomic E-state index is 3.66. The second-order valence-electron chi connectivity index (χ2n) is 7.78. The summed E-state index contributed by atoms with van der Waals surface area (Å²) in [7, 11) is 0. The second-order valence-corrected chi connectivity index (χ2v) is 7.78. The van der Waals surface area contributed by atoms with Crippen LogP contribution in [0.2, 0.25) is 0 Å². The van der Waals surface area contributed by atoms with Gasteiger partial charge in [-0.3, -0.25) is 4.90 Å². The van der Waals surface area contributed by atoms with Gasteiger partial charge in [0, 0.05) is 19.1 Å². The van der Waals surface area contributed by atoms with Gasteiger partial charge >= 0.3 is 0 Å². The van der Waals surface area contributed by atoms with Crippen molar-refractivity contribution in [3.8, 4) is 0 Å². The van der Waals surface area contributed by atoms with E-state index in [1.807, 2.05) is 0 Å². The molecule has 4 unspecified atom stereocenters. The van der Waals surface area contributed by atoms with Gasteiger partial charge in [-0.05, 0) is 75.3 Å². The highest BCUT2D eigenvalue weighted by atomic mass is 15.2. The molecule has 19 heavy (non-hydrogen) atoms. The smallest absolute Gasteiger partial charge is 0.00982 e. The van der Waals surface area contributed by atoms with Gasteiger partial charge in [0.15, 0.2) is 0 Å². The van der Waals surface area contributed by atoms with E-state index in [2.05, 4.69) is 24.1 Å². The quantitative estimate of drug-likeness (QED) is 0.782. The fourth-order valence-electron chi connectivity index (χ4n) is 4.79. The molecular weight excluding hydrogens is 232 g/mol. The van der Waals surface area contributed by atoms with Crippen LogP contribution in [-0.2, 0) is 0 Å². The first-order chi connectivity index (χ1) is 9.19. The van der Waals surface area contributed by atoms with Crippen molar-refractivity contribution < 1.29 is 0 Å². The third-order valence-electron chi connectivity index (χ3n) is 6.34. The Hall–Kier alpha value is -0.0800. The van der Waals surface area contributed by atoms with E-state index in [9.17, 15) is 0 Å². The topological polar surface area (TPSA) is 15.3 Å². The Morgan fingerprint density at radius 1 is 1.05 bits per heavy atom. The van der Waals surface area contributed by atoms with E-state index in [4.69, 9.17) is 0 Å². The average molecular weight is 264 g/mol. The summed E-state index contributed by atoms with van der Waals surface area (Å²) in [6, 6.07) is 0.894. The predicted octanol–water partition coefficient (Wildman–Crippen LogP) is 3.28. The largest absolute Gasteiger partial charge is 0.316 e. The Morgan fingerprint density at radius 3 is 2.63 bits per heavy atom. The van der Waals surface area contributed by atoms with E-state index in [0.29, 0.717) is 5.41 Å². The van der Waals surface area contributed by atoms with Crippen molar-refractivity contribution in [2.75, 3.05) is 26.2 Å². The summed E-state index contributed by atoms with van der Waals surface area (Å²) >= 11 is 0. The van der Waals surface area contributed by atoms with E-state index in [1.165, 1.54) is 71.1 Å². The lowest BCUT2D eigenvalue weighted by molar-refractivity contribution is 0.0134. The van der Waals surface area contributed by atoms with Crippen molar-refractivity contribution in [2.24, 2.45) is 17.3 Å². The van der Waals surface area contributed by atoms with Crippen LogP contribution in [0.25, 0.3) is 0 Å². The molecule has 0 radical (unpaired) electrons. The van der Waals surface area contributed by atoms with Gasteiger partial charge in [0.2, 0.25) is 0 Å². The van der Waals surface area contributed by atoms with Crippen molar-refractivity contribution in [2.45, 2.75) is 64.8 Å². The SMILES string of the molecule is CC1CCC(N2CCCC3(CCCNC3)C2)CC1C. The first kappa shape index (κ1) is 13.9. The Labute approximate surface area is 119 Å². The fourth-order valence-corrected chi connectivity index (χ4v) is 4.79. The van der Waals surface area contributed by atoms with Crippen LogP contribution in [0.3, 0.4) is 0 Å². The molecule has 0 bridgehead atoms. The summed E-state index contributed by atoms with van der Waals surface area (Å²) in [5, 5.41) is 3.66. The zero-order chi connectivity index (χ0) is 13.3. The van der Waals surface area contributed by atoms with Gasteiger partial charge in [0.25, 0.3) is 0 Å². The lowest BCUT2D eigenvalue weighted by Gasteiger charge is -2.49. The maximum atomic E-state index is 3.66. The fraction of sp³-hybridized carbons (Fsp3) is 1.00. The minimum Gasteiger partial charge on any atom is -0.316 e. The molecule has 4 atom stereocenters. The molecule has 0 aromatic rings. The molecule has 0 aromatic carbocycles. The molecule has 3 fully saturated rings. The van der Waals surface area contributed by atoms with Crippen molar-refractivity contribution in [1.82, 2.24) is 10.2 Å². The highest BCUT2D eigenvalue weighted by Crippen LogP contribution is 2.39. The Bertz CT molecular complexity index is 290. The molecule has 2 nitrogen and oxygen atoms in total. The van der Waals surface area contributed by atoms with Crippen molar-refractivity contribution >= 4 is 0 Å². The molecular formula is C17H32N2. The molecule has 1 saturated carbocycles. The number of hydrogen-bond acceptors (Lipinski definition) is 2. The molecule has 1 N–H and O–H groups in total. The van der Waals surface area contributed by atoms with Crippen LogP contribution in [0.1, 0.15) is 58.8 Å². The first-order valence-electron chi connectivity index (χ1n) is 8.63. The molecule has 1 aliphatic carbocycles. The van der Waals surface area contributed by atoms with E-state index >= 15 is 0 Å². The summed E-state index contributed by atoms with van der Waals surface area (Å²) in [5.41, 5.74) is 0.628. The van der Waals surface area contributed by atoms with Gasteiger partial charge in [-0.25, -0.2) is 0 Å². The Kier molecular flexibility index (Phi) is 4.19. The highest BCUT2D eigenvalue weighted by molar-refractivity contribution is 4.94. The van der Waals surface area contributed by atoms with Crippen molar-refractivity contribution in [3.63, 3.8) is 0 Å². The van der Waals surface area contributed by atoms with Crippen LogP contribution >= 0.6 is 0 Å². The third kappa shape index (κ3) is 3.00. The normalized spacial score (nSPS) is 45.5. The van der Waals surface area contributed by atoms with E-state index < -0.39 is 0 Å². The number of piperidine rings is 2. The van der Waals surface area contributed by atoms with Crippen LogP contribution in [0, 0.1) is 17.3 Å². The van der Waals surface area contributed by atoms with E-state index in [1.54, 1.807) is 0 Å². The van der Waals surface area contributed by atoms with Crippen LogP contribution in [-0.4, -0.2) is 37.1 Å². The lowest BCUT2D eigenvalue weighted by atomic mass is 9.72. The lowest BCUT2D eigenvalue weighted by Crippen LogP contribution is -2.54. The van der Waals surface area contributed by atoms with Crippen LogP contribution < -0.4 is 5.32 Å². The zero-order valence-electron chi connectivity index (χ0n) is 13.0. The Balaban J connectivity index is 1.61. The molecule has 3 aliphatic rings. The van der Waals surface area contributed by atoms with E-state index in [-0.39, 0.29) is 0 Å². The summed E-state index contributed by atoms with van der Waals surface area (Å²) < 4.78 is 0. The summed E-state index contributed by atoms with van der Waals surface area (Å²) in [6.07, 6.45) is 10.1. The monoisotopic (exact) mass is 264 g/mol. The van der Waals surface area contributed by atoms with E-state index in [0.717, 1.165) is 17.9 Å². The first-order valence-corrected chi connectivity index (χ1v) is 8.63. The van der Waals surface area contributed by atoms with Crippen molar-refractivity contribution in [1.29, 1.82) is 0 Å². The maximum Gasteiger partial charge on any atom is 0.00982 e. The predicted molar refractivity (Wildman–Crippen MR) is 81.3 cm³/mol. The number of hydrogen-bond donors (Lipinski definition) is 1. The third-order valence-corrected chi connectivity index (χ3v) is 6.34. The highest BCUT2D eigenvalue weighted by Gasteiger charge is 2.39. The van der Waals surface area contributed by atoms with Gasteiger partial charge in [0.1, 0.15) is 0 Å². The molecule has 3 rings (SSSR count). The van der Waals surface area contributed by atoms with Gasteiger partial charge in [-0.2, -0.15) is 0 Å². The number of nitrogens with one attached hydrogen (secondary N) is 1. The number of nitrogens with zero attached hydrogens (tertiary/aromatic N) is 1. The zero-order valence-corrected chi connectivity index (χ0v) is 13.0. The van der Waals surface area contributed by atoms with Gasteiger partial charge in [-0.15, -0.1) is 0 Å². The van der Waals surface area contributed by atoms with Crippen LogP contribution in [0.4, 0.5) is 0 Å². The molecule has 2 saturated heterocycles.